The minimum absolute atomic E-state index is 0.346. The van der Waals surface area contributed by atoms with Crippen molar-refractivity contribution in [3.05, 3.63) is 29.3 Å². The number of para-hydroxylation sites is 1. The van der Waals surface area contributed by atoms with E-state index in [1.807, 2.05) is 12.1 Å². The van der Waals surface area contributed by atoms with Gasteiger partial charge in [0.05, 0.1) is 39.1 Å². The van der Waals surface area contributed by atoms with Gasteiger partial charge in [0.25, 0.3) is 0 Å². The molecular weight excluding hydrogens is 248 g/mol. The van der Waals surface area contributed by atoms with E-state index in [0.717, 1.165) is 0 Å². The van der Waals surface area contributed by atoms with E-state index in [2.05, 4.69) is 0 Å². The third-order valence-electron chi connectivity index (χ3n) is 2.96. The Kier molecular flexibility index (Phi) is 3.94. The lowest BCUT2D eigenvalue weighted by atomic mass is 10.1. The van der Waals surface area contributed by atoms with Crippen LogP contribution in [-0.4, -0.2) is 33.9 Å². The highest BCUT2D eigenvalue weighted by Crippen LogP contribution is 2.38. The number of benzene rings is 1. The smallest absolute Gasteiger partial charge is 0.337 e. The molecule has 5 nitrogen and oxygen atoms in total. The molecule has 0 saturated carbocycles. The van der Waals surface area contributed by atoms with Gasteiger partial charge in [-0.15, -0.1) is 0 Å². The van der Waals surface area contributed by atoms with E-state index in [1.54, 1.807) is 20.3 Å². The van der Waals surface area contributed by atoms with E-state index in [0.29, 0.717) is 41.4 Å². The third kappa shape index (κ3) is 2.36. The van der Waals surface area contributed by atoms with Gasteiger partial charge in [-0.25, -0.2) is 4.79 Å². The summed E-state index contributed by atoms with van der Waals surface area (Å²) >= 11 is 0. The van der Waals surface area contributed by atoms with Crippen molar-refractivity contribution in [2.75, 3.05) is 27.9 Å². The van der Waals surface area contributed by atoms with Gasteiger partial charge in [-0.2, -0.15) is 0 Å². The zero-order chi connectivity index (χ0) is 13.8. The number of carbonyl (C=O) groups excluding carboxylic acids is 1. The van der Waals surface area contributed by atoms with Crippen molar-refractivity contribution in [1.29, 1.82) is 0 Å². The number of esters is 1. The highest BCUT2D eigenvalue weighted by Gasteiger charge is 2.27. The van der Waals surface area contributed by atoms with Crippen LogP contribution in [0.3, 0.4) is 0 Å². The molecular formula is C14H16O5. The summed E-state index contributed by atoms with van der Waals surface area (Å²) in [5.74, 6) is 1.25. The Balaban J connectivity index is 2.59. The summed E-state index contributed by atoms with van der Waals surface area (Å²) in [5, 5.41) is 0. The number of hydrogen-bond acceptors (Lipinski definition) is 5. The van der Waals surface area contributed by atoms with Crippen molar-refractivity contribution in [2.24, 2.45) is 0 Å². The molecule has 1 aromatic carbocycles. The summed E-state index contributed by atoms with van der Waals surface area (Å²) in [6.45, 7) is 0.382. The predicted octanol–water partition coefficient (Wildman–Crippen LogP) is 2.01. The molecule has 1 saturated heterocycles. The van der Waals surface area contributed by atoms with Gasteiger partial charge < -0.3 is 18.9 Å². The largest absolute Gasteiger partial charge is 0.495 e. The van der Waals surface area contributed by atoms with Crippen LogP contribution in [-0.2, 0) is 14.3 Å². The van der Waals surface area contributed by atoms with Crippen molar-refractivity contribution in [1.82, 2.24) is 0 Å². The van der Waals surface area contributed by atoms with Crippen LogP contribution in [0, 0.1) is 0 Å². The first-order valence-electron chi connectivity index (χ1n) is 5.88. The van der Waals surface area contributed by atoms with E-state index < -0.39 is 0 Å². The van der Waals surface area contributed by atoms with Crippen molar-refractivity contribution >= 4 is 11.7 Å². The lowest BCUT2D eigenvalue weighted by Gasteiger charge is -2.15. The monoisotopic (exact) mass is 264 g/mol. The molecule has 0 unspecified atom stereocenters. The second-order valence-electron chi connectivity index (χ2n) is 3.94. The fourth-order valence-electron chi connectivity index (χ4n) is 2.10. The SMILES string of the molecule is COC(=C1CCOC1=O)c1cccc(OC)c1OC. The first kappa shape index (κ1) is 13.3. The molecule has 19 heavy (non-hydrogen) atoms. The molecule has 1 aromatic rings. The highest BCUT2D eigenvalue weighted by molar-refractivity contribution is 5.98. The molecule has 0 bridgehead atoms. The van der Waals surface area contributed by atoms with Gasteiger partial charge in [0.1, 0.15) is 5.76 Å². The molecule has 0 atom stereocenters. The quantitative estimate of drug-likeness (QED) is 0.473. The third-order valence-corrected chi connectivity index (χ3v) is 2.96. The van der Waals surface area contributed by atoms with Gasteiger partial charge in [0.2, 0.25) is 0 Å². The van der Waals surface area contributed by atoms with E-state index in [9.17, 15) is 4.79 Å². The number of carbonyl (C=O) groups is 1. The molecule has 0 aliphatic carbocycles. The standard InChI is InChI=1S/C14H16O5/c1-16-11-6-4-5-9(13(11)18-3)12(17-2)10-7-8-19-14(10)15/h4-6H,7-8H2,1-3H3. The summed E-state index contributed by atoms with van der Waals surface area (Å²) in [5.41, 5.74) is 1.20. The molecule has 0 N–H and O–H groups in total. The predicted molar refractivity (Wildman–Crippen MR) is 69.1 cm³/mol. The van der Waals surface area contributed by atoms with Crippen molar-refractivity contribution in [2.45, 2.75) is 6.42 Å². The Morgan fingerprint density at radius 2 is 2.00 bits per heavy atom. The summed E-state index contributed by atoms with van der Waals surface area (Å²) in [7, 11) is 4.63. The average molecular weight is 264 g/mol. The summed E-state index contributed by atoms with van der Waals surface area (Å²) in [4.78, 5) is 11.7. The minimum atomic E-state index is -0.346. The van der Waals surface area contributed by atoms with Gasteiger partial charge >= 0.3 is 5.97 Å². The van der Waals surface area contributed by atoms with Crippen LogP contribution in [0.5, 0.6) is 11.5 Å². The Morgan fingerprint density at radius 1 is 1.21 bits per heavy atom. The fourth-order valence-corrected chi connectivity index (χ4v) is 2.10. The van der Waals surface area contributed by atoms with Crippen LogP contribution in [0.4, 0.5) is 0 Å². The Labute approximate surface area is 111 Å². The van der Waals surface area contributed by atoms with Gasteiger partial charge in [-0.05, 0) is 12.1 Å². The van der Waals surface area contributed by atoms with Crippen LogP contribution < -0.4 is 9.47 Å². The molecule has 1 heterocycles. The van der Waals surface area contributed by atoms with Crippen molar-refractivity contribution in [3.63, 3.8) is 0 Å². The van der Waals surface area contributed by atoms with Crippen LogP contribution in [0.15, 0.2) is 23.8 Å². The van der Waals surface area contributed by atoms with E-state index in [1.165, 1.54) is 7.11 Å². The number of cyclic esters (lactones) is 1. The maximum atomic E-state index is 11.7. The molecule has 0 radical (unpaired) electrons. The summed E-state index contributed by atoms with van der Waals surface area (Å²) in [6, 6.07) is 5.42. The van der Waals surface area contributed by atoms with Crippen LogP contribution in [0.25, 0.3) is 5.76 Å². The Bertz CT molecular complexity index is 519. The minimum Gasteiger partial charge on any atom is -0.495 e. The van der Waals surface area contributed by atoms with Crippen LogP contribution in [0.2, 0.25) is 0 Å². The zero-order valence-corrected chi connectivity index (χ0v) is 11.2. The molecule has 0 aromatic heterocycles. The molecule has 0 spiro atoms. The Morgan fingerprint density at radius 3 is 2.53 bits per heavy atom. The second-order valence-corrected chi connectivity index (χ2v) is 3.94. The van der Waals surface area contributed by atoms with E-state index >= 15 is 0 Å². The van der Waals surface area contributed by atoms with Crippen molar-refractivity contribution < 1.29 is 23.7 Å². The highest BCUT2D eigenvalue weighted by atomic mass is 16.5. The van der Waals surface area contributed by atoms with Gasteiger partial charge in [0.15, 0.2) is 11.5 Å². The number of rotatable bonds is 4. The summed E-state index contributed by atoms with van der Waals surface area (Å²) in [6.07, 6.45) is 0.530. The molecule has 0 amide bonds. The molecule has 102 valence electrons. The van der Waals surface area contributed by atoms with Crippen LogP contribution >= 0.6 is 0 Å². The topological polar surface area (TPSA) is 54.0 Å². The van der Waals surface area contributed by atoms with E-state index in [-0.39, 0.29) is 5.97 Å². The molecule has 5 heteroatoms. The first-order chi connectivity index (χ1) is 9.22. The van der Waals surface area contributed by atoms with Gasteiger partial charge in [0, 0.05) is 6.42 Å². The lowest BCUT2D eigenvalue weighted by molar-refractivity contribution is -0.135. The number of hydrogen-bond donors (Lipinski definition) is 0. The molecule has 2 rings (SSSR count). The van der Waals surface area contributed by atoms with E-state index in [4.69, 9.17) is 18.9 Å². The van der Waals surface area contributed by atoms with Crippen molar-refractivity contribution in [3.8, 4) is 11.5 Å². The Hall–Kier alpha value is -2.17. The number of ether oxygens (including phenoxy) is 4. The fraction of sp³-hybridized carbons (Fsp3) is 0.357. The second kappa shape index (κ2) is 5.65. The maximum Gasteiger partial charge on any atom is 0.337 e. The van der Waals surface area contributed by atoms with Gasteiger partial charge in [-0.3, -0.25) is 0 Å². The van der Waals surface area contributed by atoms with Gasteiger partial charge in [-0.1, -0.05) is 6.07 Å². The lowest BCUT2D eigenvalue weighted by Crippen LogP contribution is -2.03. The number of methoxy groups -OCH3 is 3. The molecule has 1 aliphatic rings. The normalized spacial score (nSPS) is 16.9. The molecule has 1 fully saturated rings. The maximum absolute atomic E-state index is 11.7. The molecule has 1 aliphatic heterocycles. The first-order valence-corrected chi connectivity index (χ1v) is 5.88. The average Bonchev–Trinajstić information content (AvgIpc) is 2.85. The zero-order valence-electron chi connectivity index (χ0n) is 11.2. The summed E-state index contributed by atoms with van der Waals surface area (Å²) < 4.78 is 20.9. The van der Waals surface area contributed by atoms with Crippen LogP contribution in [0.1, 0.15) is 12.0 Å².